The van der Waals surface area contributed by atoms with Gasteiger partial charge >= 0.3 is 0 Å². The predicted molar refractivity (Wildman–Crippen MR) is 166 cm³/mol. The molecular formula is C32H51N5O2. The van der Waals surface area contributed by atoms with Crippen molar-refractivity contribution in [3.8, 4) is 18.1 Å². The van der Waals surface area contributed by atoms with Crippen LogP contribution < -0.4 is 15.4 Å². The highest BCUT2D eigenvalue weighted by atomic mass is 16.5. The maximum absolute atomic E-state index is 8.58. The second-order valence-electron chi connectivity index (χ2n) is 10.0. The topological polar surface area (TPSA) is 74.1 Å². The van der Waals surface area contributed by atoms with Crippen LogP contribution in [-0.4, -0.2) is 73.0 Å². The molecule has 216 valence electrons. The van der Waals surface area contributed by atoms with Crippen molar-refractivity contribution in [1.29, 1.82) is 0 Å². The van der Waals surface area contributed by atoms with Crippen LogP contribution in [0.2, 0.25) is 0 Å². The highest BCUT2D eigenvalue weighted by Gasteiger charge is 2.24. The average molecular weight is 538 g/mol. The molecule has 1 aromatic heterocycles. The predicted octanol–water partition coefficient (Wildman–Crippen LogP) is 4.68. The molecule has 0 saturated carbocycles. The van der Waals surface area contributed by atoms with Crippen LogP contribution in [0.25, 0.3) is 0 Å². The van der Waals surface area contributed by atoms with Gasteiger partial charge in [0.25, 0.3) is 0 Å². The molecule has 39 heavy (non-hydrogen) atoms. The Hall–Kier alpha value is -2.89. The number of aliphatic imine (C=N–C) groups is 1. The van der Waals surface area contributed by atoms with Crippen molar-refractivity contribution in [2.75, 3.05) is 40.5 Å². The minimum absolute atomic E-state index is 0.0633. The van der Waals surface area contributed by atoms with Crippen LogP contribution in [0, 0.1) is 33.1 Å². The van der Waals surface area contributed by atoms with Crippen molar-refractivity contribution >= 4 is 5.84 Å². The zero-order valence-corrected chi connectivity index (χ0v) is 25.6. The summed E-state index contributed by atoms with van der Waals surface area (Å²) >= 11 is 0. The van der Waals surface area contributed by atoms with Crippen molar-refractivity contribution in [3.05, 3.63) is 64.5 Å². The smallest absolute Gasteiger partial charge is 0.135 e. The molecule has 1 aliphatic rings. The Balaban J connectivity index is 0.000000422. The monoisotopic (exact) mass is 537 g/mol. The molecule has 0 radical (unpaired) electrons. The Bertz CT molecular complexity index is 1080. The van der Waals surface area contributed by atoms with Gasteiger partial charge in [-0.25, -0.2) is 0 Å². The lowest BCUT2D eigenvalue weighted by molar-refractivity contribution is 0.200. The molecule has 2 unspecified atom stereocenters. The van der Waals surface area contributed by atoms with Gasteiger partial charge in [-0.2, -0.15) is 0 Å². The number of benzene rings is 1. The molecule has 7 nitrogen and oxygen atoms in total. The normalized spacial score (nSPS) is 17.2. The quantitative estimate of drug-likeness (QED) is 0.246. The standard InChI is InChI=1S/C19H33N5.C10H14O2.C3H4/c1-7-14(2)19(22-13-20-5)24-10-15(3)17(12-24)11-23(6)18-8-16(4)21-9-18;1-8-4-3-5-9(2)10(8)12-7-6-11;1-3-2/h7,10,12,16,18,20-21H,8-9,11,13H2,1-6H3;3-5,11H,6-7H2,1-2H3;1H,2H3/b14-7-,22-19+;;. The fraction of sp³-hybridized carbons (Fsp3) is 0.531. The van der Waals surface area contributed by atoms with Crippen molar-refractivity contribution in [1.82, 2.24) is 20.1 Å². The summed E-state index contributed by atoms with van der Waals surface area (Å²) in [6.07, 6.45) is 12.4. The van der Waals surface area contributed by atoms with Crippen LogP contribution >= 0.6 is 0 Å². The van der Waals surface area contributed by atoms with E-state index in [1.54, 1.807) is 6.92 Å². The van der Waals surface area contributed by atoms with E-state index < -0.39 is 0 Å². The minimum Gasteiger partial charge on any atom is -0.491 e. The Labute approximate surface area is 237 Å². The molecule has 1 aromatic carbocycles. The molecule has 0 bridgehead atoms. The third kappa shape index (κ3) is 11.4. The molecule has 3 rings (SSSR count). The number of nitrogens with one attached hydrogen (secondary N) is 2. The maximum atomic E-state index is 8.58. The second kappa shape index (κ2) is 18.4. The first-order valence-corrected chi connectivity index (χ1v) is 13.7. The SMILES string of the molecule is C#CC.C/C=C(C)\C(=N/CNC)n1cc(C)c(CN(C)C2CNC(C)C2)c1.Cc1cccc(C)c1OCCO. The van der Waals surface area contributed by atoms with Gasteiger partial charge in [-0.15, -0.1) is 12.3 Å². The fourth-order valence-corrected chi connectivity index (χ4v) is 4.40. The number of aryl methyl sites for hydroxylation is 3. The third-order valence-corrected chi connectivity index (χ3v) is 6.67. The fourth-order valence-electron chi connectivity index (χ4n) is 4.40. The van der Waals surface area contributed by atoms with E-state index in [1.807, 2.05) is 39.1 Å². The van der Waals surface area contributed by atoms with Crippen LogP contribution in [0.1, 0.15) is 56.4 Å². The lowest BCUT2D eigenvalue weighted by atomic mass is 10.1. The van der Waals surface area contributed by atoms with Crippen LogP contribution in [-0.2, 0) is 6.54 Å². The molecule has 0 spiro atoms. The first-order chi connectivity index (χ1) is 18.6. The van der Waals surface area contributed by atoms with E-state index in [0.717, 1.165) is 35.8 Å². The number of nitrogens with zero attached hydrogens (tertiary/aromatic N) is 3. The van der Waals surface area contributed by atoms with Crippen LogP contribution in [0.4, 0.5) is 0 Å². The number of hydrogen-bond donors (Lipinski definition) is 3. The van der Waals surface area contributed by atoms with E-state index in [0.29, 0.717) is 25.4 Å². The molecule has 0 amide bonds. The van der Waals surface area contributed by atoms with Crippen LogP contribution in [0.3, 0.4) is 0 Å². The summed E-state index contributed by atoms with van der Waals surface area (Å²) in [5, 5.41) is 15.2. The zero-order valence-electron chi connectivity index (χ0n) is 25.6. The van der Waals surface area contributed by atoms with E-state index in [9.17, 15) is 0 Å². The van der Waals surface area contributed by atoms with Gasteiger partial charge in [-0.3, -0.25) is 9.89 Å². The number of aliphatic hydroxyl groups is 1. The average Bonchev–Trinajstić information content (AvgIpc) is 3.50. The Morgan fingerprint density at radius 1 is 1.28 bits per heavy atom. The van der Waals surface area contributed by atoms with E-state index >= 15 is 0 Å². The highest BCUT2D eigenvalue weighted by molar-refractivity contribution is 5.99. The van der Waals surface area contributed by atoms with Gasteiger partial charge < -0.3 is 25.0 Å². The number of aromatic nitrogens is 1. The zero-order chi connectivity index (χ0) is 29.4. The molecule has 2 atom stereocenters. The van der Waals surface area contributed by atoms with Crippen molar-refractivity contribution in [2.24, 2.45) is 4.99 Å². The minimum atomic E-state index is 0.0633. The van der Waals surface area contributed by atoms with E-state index in [4.69, 9.17) is 9.84 Å². The number of ether oxygens (including phenoxy) is 1. The Morgan fingerprint density at radius 2 is 1.92 bits per heavy atom. The lowest BCUT2D eigenvalue weighted by Gasteiger charge is -2.23. The summed E-state index contributed by atoms with van der Waals surface area (Å²) in [5.41, 5.74) is 6.11. The van der Waals surface area contributed by atoms with E-state index in [-0.39, 0.29) is 6.61 Å². The molecule has 3 N–H and O–H groups in total. The van der Waals surface area contributed by atoms with Gasteiger partial charge in [0.2, 0.25) is 0 Å². The van der Waals surface area contributed by atoms with Crippen molar-refractivity contribution < 1.29 is 9.84 Å². The van der Waals surface area contributed by atoms with Gasteiger partial charge in [0.1, 0.15) is 18.2 Å². The number of para-hydroxylation sites is 1. The molecule has 2 heterocycles. The molecular weight excluding hydrogens is 486 g/mol. The number of rotatable bonds is 9. The largest absolute Gasteiger partial charge is 0.491 e. The summed E-state index contributed by atoms with van der Waals surface area (Å²) in [6, 6.07) is 7.24. The third-order valence-electron chi connectivity index (χ3n) is 6.67. The summed E-state index contributed by atoms with van der Waals surface area (Å²) < 4.78 is 7.53. The number of aliphatic hydroxyl groups excluding tert-OH is 1. The number of allylic oxidation sites excluding steroid dienone is 2. The van der Waals surface area contributed by atoms with E-state index in [1.165, 1.54) is 23.1 Å². The Kier molecular flexibility index (Phi) is 16.1. The molecule has 1 fully saturated rings. The summed E-state index contributed by atoms with van der Waals surface area (Å²) in [5.74, 6) is 4.16. The molecule has 7 heteroatoms. The maximum Gasteiger partial charge on any atom is 0.135 e. The van der Waals surface area contributed by atoms with Crippen molar-refractivity contribution in [2.45, 2.75) is 73.5 Å². The highest BCUT2D eigenvalue weighted by Crippen LogP contribution is 2.22. The second-order valence-corrected chi connectivity index (χ2v) is 10.0. The number of hydrogen-bond acceptors (Lipinski definition) is 6. The first kappa shape index (κ1) is 34.1. The number of terminal acetylenes is 1. The first-order valence-electron chi connectivity index (χ1n) is 13.7. The molecule has 0 aliphatic carbocycles. The molecule has 2 aromatic rings. The molecule has 1 aliphatic heterocycles. The van der Waals surface area contributed by atoms with Gasteiger partial charge in [0.15, 0.2) is 0 Å². The van der Waals surface area contributed by atoms with Crippen LogP contribution in [0.15, 0.2) is 47.2 Å². The Morgan fingerprint density at radius 3 is 2.44 bits per heavy atom. The van der Waals surface area contributed by atoms with Crippen molar-refractivity contribution in [3.63, 3.8) is 0 Å². The summed E-state index contributed by atoms with van der Waals surface area (Å²) in [6.45, 7) is 17.4. The van der Waals surface area contributed by atoms with Gasteiger partial charge in [-0.05, 0) is 96.8 Å². The summed E-state index contributed by atoms with van der Waals surface area (Å²) in [4.78, 5) is 7.15. The van der Waals surface area contributed by atoms with E-state index in [2.05, 4.69) is 90.6 Å². The van der Waals surface area contributed by atoms with Gasteiger partial charge in [-0.1, -0.05) is 24.3 Å². The number of likely N-dealkylation sites (N-methyl/N-ethyl adjacent to an activating group) is 1. The van der Waals surface area contributed by atoms with Gasteiger partial charge in [0.05, 0.1) is 13.3 Å². The lowest BCUT2D eigenvalue weighted by Crippen LogP contribution is -2.32. The van der Waals surface area contributed by atoms with Gasteiger partial charge in [0, 0.05) is 37.6 Å². The van der Waals surface area contributed by atoms with Crippen LogP contribution in [0.5, 0.6) is 5.75 Å². The molecule has 1 saturated heterocycles. The summed E-state index contributed by atoms with van der Waals surface area (Å²) in [7, 11) is 4.15.